The summed E-state index contributed by atoms with van der Waals surface area (Å²) in [5, 5.41) is 13.9. The number of aryl methyl sites for hydroxylation is 1. The van der Waals surface area contributed by atoms with Gasteiger partial charge in [0.15, 0.2) is 0 Å². The Kier molecular flexibility index (Phi) is 3.58. The van der Waals surface area contributed by atoms with Crippen molar-refractivity contribution in [1.29, 1.82) is 0 Å². The Balaban J connectivity index is 1.97. The Hall–Kier alpha value is -1.63. The number of anilines is 1. The van der Waals surface area contributed by atoms with Crippen molar-refractivity contribution in [2.45, 2.75) is 12.8 Å². The molecule has 0 spiro atoms. The number of ether oxygens (including phenoxy) is 1. The number of rotatable bonds is 4. The molecule has 17 heavy (non-hydrogen) atoms. The fourth-order valence-corrected chi connectivity index (χ4v) is 1.95. The van der Waals surface area contributed by atoms with E-state index in [9.17, 15) is 10.1 Å². The van der Waals surface area contributed by atoms with E-state index in [1.54, 1.807) is 11.6 Å². The predicted molar refractivity (Wildman–Crippen MR) is 61.9 cm³/mol. The molecule has 2 rings (SSSR count). The second-order valence-electron chi connectivity index (χ2n) is 4.22. The number of nitro groups is 1. The Labute approximate surface area is 98.9 Å². The van der Waals surface area contributed by atoms with Crippen molar-refractivity contribution in [3.05, 3.63) is 16.4 Å². The average Bonchev–Trinajstić information content (AvgIpc) is 2.69. The molecular formula is C10H16N4O3. The van der Waals surface area contributed by atoms with Gasteiger partial charge in [-0.15, -0.1) is 0 Å². The van der Waals surface area contributed by atoms with E-state index in [2.05, 4.69) is 10.3 Å². The van der Waals surface area contributed by atoms with Crippen LogP contribution in [0.4, 0.5) is 11.6 Å². The van der Waals surface area contributed by atoms with E-state index < -0.39 is 4.92 Å². The minimum Gasteiger partial charge on any atom is -0.381 e. The number of nitrogens with one attached hydrogen (secondary N) is 1. The summed E-state index contributed by atoms with van der Waals surface area (Å²) >= 11 is 0. The maximum Gasteiger partial charge on any atom is 0.406 e. The molecule has 94 valence electrons. The molecule has 1 fully saturated rings. The highest BCUT2D eigenvalue weighted by molar-refractivity contribution is 5.51. The molecule has 7 nitrogen and oxygen atoms in total. The lowest BCUT2D eigenvalue weighted by Gasteiger charge is -2.22. The molecule has 1 N–H and O–H groups in total. The van der Waals surface area contributed by atoms with Crippen LogP contribution in [-0.4, -0.2) is 34.2 Å². The standard InChI is InChI=1S/C10H16N4O3/c1-13-7-12-10(14(15)16)9(13)11-6-8-2-4-17-5-3-8/h7-8,11H,2-6H2,1H3. The van der Waals surface area contributed by atoms with Crippen LogP contribution < -0.4 is 5.32 Å². The van der Waals surface area contributed by atoms with Crippen molar-refractivity contribution in [3.8, 4) is 0 Å². The molecule has 0 amide bonds. The van der Waals surface area contributed by atoms with Gasteiger partial charge in [-0.1, -0.05) is 0 Å². The molecule has 1 aliphatic heterocycles. The first kappa shape index (κ1) is 11.8. The monoisotopic (exact) mass is 240 g/mol. The summed E-state index contributed by atoms with van der Waals surface area (Å²) in [6.07, 6.45) is 3.45. The Bertz CT molecular complexity index is 398. The largest absolute Gasteiger partial charge is 0.406 e. The number of imidazole rings is 1. The van der Waals surface area contributed by atoms with Crippen molar-refractivity contribution < 1.29 is 9.66 Å². The lowest BCUT2D eigenvalue weighted by molar-refractivity contribution is -0.388. The Morgan fingerprint density at radius 2 is 2.35 bits per heavy atom. The van der Waals surface area contributed by atoms with Crippen LogP contribution in [0.25, 0.3) is 0 Å². The van der Waals surface area contributed by atoms with Gasteiger partial charge in [0.1, 0.15) is 0 Å². The zero-order chi connectivity index (χ0) is 12.3. The number of hydrogen-bond acceptors (Lipinski definition) is 5. The van der Waals surface area contributed by atoms with Gasteiger partial charge in [0.2, 0.25) is 12.1 Å². The van der Waals surface area contributed by atoms with Crippen molar-refractivity contribution in [3.63, 3.8) is 0 Å². The third-order valence-electron chi connectivity index (χ3n) is 2.99. The second kappa shape index (κ2) is 5.13. The Morgan fingerprint density at radius 1 is 1.65 bits per heavy atom. The van der Waals surface area contributed by atoms with Gasteiger partial charge in [0, 0.05) is 26.8 Å². The Morgan fingerprint density at radius 3 is 3.00 bits per heavy atom. The summed E-state index contributed by atoms with van der Waals surface area (Å²) in [6, 6.07) is 0. The van der Waals surface area contributed by atoms with E-state index in [1.807, 2.05) is 0 Å². The predicted octanol–water partition coefficient (Wildman–Crippen LogP) is 1.17. The molecular weight excluding hydrogens is 224 g/mol. The first-order valence-corrected chi connectivity index (χ1v) is 5.66. The summed E-state index contributed by atoms with van der Waals surface area (Å²) in [5.74, 6) is 0.874. The summed E-state index contributed by atoms with van der Waals surface area (Å²) in [5.41, 5.74) is 0. The molecule has 0 radical (unpaired) electrons. The number of aromatic nitrogens is 2. The fourth-order valence-electron chi connectivity index (χ4n) is 1.95. The van der Waals surface area contributed by atoms with E-state index >= 15 is 0 Å². The van der Waals surface area contributed by atoms with Gasteiger partial charge in [-0.3, -0.25) is 4.57 Å². The fraction of sp³-hybridized carbons (Fsp3) is 0.700. The van der Waals surface area contributed by atoms with Crippen LogP contribution in [0.3, 0.4) is 0 Å². The second-order valence-corrected chi connectivity index (χ2v) is 4.22. The zero-order valence-corrected chi connectivity index (χ0v) is 9.76. The van der Waals surface area contributed by atoms with Crippen LogP contribution >= 0.6 is 0 Å². The van der Waals surface area contributed by atoms with Gasteiger partial charge in [0.05, 0.1) is 0 Å². The van der Waals surface area contributed by atoms with E-state index in [1.165, 1.54) is 6.33 Å². The van der Waals surface area contributed by atoms with Crippen molar-refractivity contribution >= 4 is 11.6 Å². The lowest BCUT2D eigenvalue weighted by Crippen LogP contribution is -2.23. The highest BCUT2D eigenvalue weighted by Gasteiger charge is 2.21. The molecule has 0 unspecified atom stereocenters. The molecule has 1 aromatic rings. The maximum atomic E-state index is 10.8. The van der Waals surface area contributed by atoms with Gasteiger partial charge in [0.25, 0.3) is 0 Å². The van der Waals surface area contributed by atoms with Crippen molar-refractivity contribution in [1.82, 2.24) is 9.55 Å². The van der Waals surface area contributed by atoms with Crippen LogP contribution in [0.1, 0.15) is 12.8 Å². The topological polar surface area (TPSA) is 82.2 Å². The molecule has 1 saturated heterocycles. The van der Waals surface area contributed by atoms with E-state index in [0.29, 0.717) is 11.7 Å². The van der Waals surface area contributed by atoms with Crippen LogP contribution in [-0.2, 0) is 11.8 Å². The van der Waals surface area contributed by atoms with Crippen LogP contribution in [0.2, 0.25) is 0 Å². The van der Waals surface area contributed by atoms with Crippen LogP contribution in [0.5, 0.6) is 0 Å². The first-order chi connectivity index (χ1) is 8.18. The molecule has 1 aromatic heterocycles. The highest BCUT2D eigenvalue weighted by atomic mass is 16.6. The molecule has 2 heterocycles. The third-order valence-corrected chi connectivity index (χ3v) is 2.99. The summed E-state index contributed by atoms with van der Waals surface area (Å²) < 4.78 is 6.91. The third kappa shape index (κ3) is 2.73. The summed E-state index contributed by atoms with van der Waals surface area (Å²) in [4.78, 5) is 14.0. The quantitative estimate of drug-likeness (QED) is 0.631. The van der Waals surface area contributed by atoms with Gasteiger partial charge < -0.3 is 20.2 Å². The number of hydrogen-bond donors (Lipinski definition) is 1. The zero-order valence-electron chi connectivity index (χ0n) is 9.76. The highest BCUT2D eigenvalue weighted by Crippen LogP contribution is 2.22. The van der Waals surface area contributed by atoms with Gasteiger partial charge in [-0.05, 0) is 28.7 Å². The van der Waals surface area contributed by atoms with Crippen molar-refractivity contribution in [2.24, 2.45) is 13.0 Å². The minimum atomic E-state index is -0.466. The molecule has 1 aliphatic rings. The SMILES string of the molecule is Cn1cnc([N+](=O)[O-])c1NCC1CCOCC1. The van der Waals surface area contributed by atoms with E-state index in [0.717, 1.165) is 32.6 Å². The molecule has 7 heteroatoms. The van der Waals surface area contributed by atoms with Crippen LogP contribution in [0, 0.1) is 16.0 Å². The molecule has 0 aromatic carbocycles. The summed E-state index contributed by atoms with van der Waals surface area (Å²) in [6.45, 7) is 2.28. The van der Waals surface area contributed by atoms with Crippen LogP contribution in [0.15, 0.2) is 6.33 Å². The van der Waals surface area contributed by atoms with E-state index in [4.69, 9.17) is 4.74 Å². The molecule has 0 aliphatic carbocycles. The van der Waals surface area contributed by atoms with Gasteiger partial charge >= 0.3 is 5.82 Å². The molecule has 0 atom stereocenters. The molecule has 0 bridgehead atoms. The number of nitrogens with zero attached hydrogens (tertiary/aromatic N) is 3. The minimum absolute atomic E-state index is 0.112. The van der Waals surface area contributed by atoms with Gasteiger partial charge in [-0.25, -0.2) is 0 Å². The maximum absolute atomic E-state index is 10.8. The smallest absolute Gasteiger partial charge is 0.381 e. The summed E-state index contributed by atoms with van der Waals surface area (Å²) in [7, 11) is 1.74. The molecule has 0 saturated carbocycles. The van der Waals surface area contributed by atoms with E-state index in [-0.39, 0.29) is 5.82 Å². The van der Waals surface area contributed by atoms with Crippen molar-refractivity contribution in [2.75, 3.05) is 25.1 Å². The average molecular weight is 240 g/mol. The lowest BCUT2D eigenvalue weighted by atomic mass is 10.0. The first-order valence-electron chi connectivity index (χ1n) is 5.66. The normalized spacial score (nSPS) is 17.0. The van der Waals surface area contributed by atoms with Gasteiger partial charge in [-0.2, -0.15) is 0 Å².